The lowest BCUT2D eigenvalue weighted by Gasteiger charge is -2.40. The highest BCUT2D eigenvalue weighted by atomic mass is 32.1. The minimum absolute atomic E-state index is 0.101. The van der Waals surface area contributed by atoms with Crippen molar-refractivity contribution in [2.24, 2.45) is 16.3 Å². The first-order chi connectivity index (χ1) is 14.7. The van der Waals surface area contributed by atoms with Gasteiger partial charge >= 0.3 is 5.97 Å². The molecule has 5 heteroatoms. The molecule has 162 valence electrons. The summed E-state index contributed by atoms with van der Waals surface area (Å²) in [5.41, 5.74) is 3.15. The van der Waals surface area contributed by atoms with E-state index in [1.165, 1.54) is 0 Å². The quantitative estimate of drug-likeness (QED) is 0.570. The largest absolute Gasteiger partial charge is 0.462 e. The molecule has 1 aliphatic heterocycles. The van der Waals surface area contributed by atoms with E-state index in [0.29, 0.717) is 30.7 Å². The third-order valence-electron chi connectivity index (χ3n) is 6.12. The van der Waals surface area contributed by atoms with Crippen LogP contribution in [0.5, 0.6) is 0 Å². The van der Waals surface area contributed by atoms with Gasteiger partial charge in [-0.2, -0.15) is 0 Å². The Morgan fingerprint density at radius 1 is 1.10 bits per heavy atom. The lowest BCUT2D eigenvalue weighted by atomic mass is 9.64. The van der Waals surface area contributed by atoms with Crippen LogP contribution in [-0.2, 0) is 20.7 Å². The smallest absolute Gasteiger partial charge is 0.336 e. The predicted molar refractivity (Wildman–Crippen MR) is 125 cm³/mol. The fourth-order valence-corrected chi connectivity index (χ4v) is 5.80. The Bertz CT molecular complexity index is 1060. The van der Waals surface area contributed by atoms with Gasteiger partial charge in [-0.15, -0.1) is 11.3 Å². The normalized spacial score (nSPS) is 22.7. The van der Waals surface area contributed by atoms with Crippen LogP contribution in [0.4, 0.5) is 0 Å². The number of Topliss-reactive ketones (excluding diaryl/α,β-unsaturated/α-hetero) is 1. The number of rotatable bonds is 5. The zero-order chi connectivity index (χ0) is 22.2. The summed E-state index contributed by atoms with van der Waals surface area (Å²) in [6, 6.07) is 14.1. The summed E-state index contributed by atoms with van der Waals surface area (Å²) in [6.45, 7) is 8.45. The van der Waals surface area contributed by atoms with E-state index in [-0.39, 0.29) is 29.0 Å². The van der Waals surface area contributed by atoms with Gasteiger partial charge in [-0.05, 0) is 43.4 Å². The van der Waals surface area contributed by atoms with Crippen LogP contribution in [0.15, 0.2) is 58.7 Å². The number of aliphatic imine (C=N–C) groups is 1. The molecule has 4 rings (SSSR count). The van der Waals surface area contributed by atoms with Gasteiger partial charge in [-0.25, -0.2) is 4.79 Å². The second-order valence-corrected chi connectivity index (χ2v) is 10.7. The number of thiophene rings is 1. The maximum absolute atomic E-state index is 13.3. The third-order valence-corrected chi connectivity index (χ3v) is 7.20. The molecule has 2 unspecified atom stereocenters. The first-order valence-electron chi connectivity index (χ1n) is 10.8. The Kier molecular flexibility index (Phi) is 5.98. The summed E-state index contributed by atoms with van der Waals surface area (Å²) in [6.07, 6.45) is 1.94. The molecular weight excluding hydrogens is 406 g/mol. The molecule has 0 N–H and O–H groups in total. The second kappa shape index (κ2) is 8.54. The summed E-state index contributed by atoms with van der Waals surface area (Å²) in [5.74, 6) is -0.858. The minimum atomic E-state index is -0.369. The van der Waals surface area contributed by atoms with Crippen LogP contribution >= 0.6 is 11.3 Å². The number of carbonyl (C=O) groups excluding carboxylic acids is 2. The van der Waals surface area contributed by atoms with E-state index in [2.05, 4.69) is 19.9 Å². The van der Waals surface area contributed by atoms with Crippen LogP contribution in [0.3, 0.4) is 0 Å². The van der Waals surface area contributed by atoms with Gasteiger partial charge in [0.05, 0.1) is 18.1 Å². The second-order valence-electron chi connectivity index (χ2n) is 9.36. The highest BCUT2D eigenvalue weighted by molar-refractivity contribution is 7.12. The average molecular weight is 436 g/mol. The highest BCUT2D eigenvalue weighted by Gasteiger charge is 2.48. The number of benzene rings is 1. The van der Waals surface area contributed by atoms with Gasteiger partial charge in [-0.3, -0.25) is 9.79 Å². The van der Waals surface area contributed by atoms with Gasteiger partial charge in [0.1, 0.15) is 5.78 Å². The molecule has 31 heavy (non-hydrogen) atoms. The van der Waals surface area contributed by atoms with Crippen molar-refractivity contribution in [3.05, 3.63) is 69.1 Å². The van der Waals surface area contributed by atoms with Crippen molar-refractivity contribution in [3.8, 4) is 0 Å². The fraction of sp³-hybridized carbons (Fsp3) is 0.423. The first kappa shape index (κ1) is 21.7. The van der Waals surface area contributed by atoms with Crippen LogP contribution in [-0.4, -0.2) is 24.1 Å². The summed E-state index contributed by atoms with van der Waals surface area (Å²) in [5, 5.41) is 0. The van der Waals surface area contributed by atoms with Gasteiger partial charge in [0, 0.05) is 39.9 Å². The van der Waals surface area contributed by atoms with E-state index >= 15 is 0 Å². The van der Waals surface area contributed by atoms with E-state index in [4.69, 9.17) is 9.73 Å². The monoisotopic (exact) mass is 435 g/mol. The molecule has 2 aromatic rings. The molecule has 1 aromatic carbocycles. The van der Waals surface area contributed by atoms with Crippen molar-refractivity contribution in [2.45, 2.75) is 52.9 Å². The van der Waals surface area contributed by atoms with E-state index in [1.807, 2.05) is 50.2 Å². The molecule has 4 nitrogen and oxygen atoms in total. The van der Waals surface area contributed by atoms with Gasteiger partial charge in [0.15, 0.2) is 0 Å². The Balaban J connectivity index is 1.65. The van der Waals surface area contributed by atoms with Crippen molar-refractivity contribution in [3.63, 3.8) is 0 Å². The average Bonchev–Trinajstić information content (AvgIpc) is 3.12. The molecule has 0 amide bonds. The SMILES string of the molecule is CC1=C(C(=O)OCCc2ccccc2)C(c2ccc(C)s2)C2C(=O)CC(C)(C)CC2=N1. The summed E-state index contributed by atoms with van der Waals surface area (Å²) in [7, 11) is 0. The lowest BCUT2D eigenvalue weighted by molar-refractivity contribution is -0.139. The standard InChI is InChI=1S/C26H29NO3S/c1-16-10-11-21(31-16)24-22(25(29)30-13-12-18-8-6-5-7-9-18)17(2)27-19-14-26(3,4)15-20(28)23(19)24/h5-11,23-24H,12-15H2,1-4H3. The Labute approximate surface area is 188 Å². The number of esters is 1. The predicted octanol–water partition coefficient (Wildman–Crippen LogP) is 5.66. The zero-order valence-corrected chi connectivity index (χ0v) is 19.4. The number of allylic oxidation sites excluding steroid dienone is 1. The fourth-order valence-electron chi connectivity index (χ4n) is 4.77. The number of hydrogen-bond acceptors (Lipinski definition) is 5. The van der Waals surface area contributed by atoms with Gasteiger partial charge in [-0.1, -0.05) is 44.2 Å². The van der Waals surface area contributed by atoms with Crippen molar-refractivity contribution in [1.29, 1.82) is 0 Å². The molecule has 1 aliphatic carbocycles. The maximum atomic E-state index is 13.3. The van der Waals surface area contributed by atoms with Crippen molar-refractivity contribution < 1.29 is 14.3 Å². The van der Waals surface area contributed by atoms with Crippen LogP contribution in [0, 0.1) is 18.3 Å². The van der Waals surface area contributed by atoms with E-state index in [0.717, 1.165) is 27.5 Å². The Morgan fingerprint density at radius 2 is 1.84 bits per heavy atom. The number of ketones is 1. The summed E-state index contributed by atoms with van der Waals surface area (Å²) >= 11 is 1.65. The van der Waals surface area contributed by atoms with Crippen molar-refractivity contribution >= 4 is 28.8 Å². The maximum Gasteiger partial charge on any atom is 0.336 e. The molecule has 2 heterocycles. The van der Waals surface area contributed by atoms with Crippen molar-refractivity contribution in [1.82, 2.24) is 0 Å². The number of ether oxygens (including phenoxy) is 1. The van der Waals surface area contributed by atoms with Crippen LogP contribution in [0.2, 0.25) is 0 Å². The molecule has 1 aromatic heterocycles. The topological polar surface area (TPSA) is 55.7 Å². The van der Waals surface area contributed by atoms with Crippen LogP contribution < -0.4 is 0 Å². The van der Waals surface area contributed by atoms with Gasteiger partial charge < -0.3 is 4.74 Å². The molecule has 1 saturated carbocycles. The molecular formula is C26H29NO3S. The van der Waals surface area contributed by atoms with Crippen molar-refractivity contribution in [2.75, 3.05) is 6.61 Å². The van der Waals surface area contributed by atoms with E-state index in [1.54, 1.807) is 11.3 Å². The zero-order valence-electron chi connectivity index (χ0n) is 18.6. The minimum Gasteiger partial charge on any atom is -0.462 e. The van der Waals surface area contributed by atoms with Gasteiger partial charge in [0.2, 0.25) is 0 Å². The van der Waals surface area contributed by atoms with E-state index in [9.17, 15) is 9.59 Å². The van der Waals surface area contributed by atoms with Crippen LogP contribution in [0.25, 0.3) is 0 Å². The molecule has 2 atom stereocenters. The number of fused-ring (bicyclic) bond motifs is 1. The van der Waals surface area contributed by atoms with Crippen LogP contribution in [0.1, 0.15) is 54.8 Å². The molecule has 1 fully saturated rings. The first-order valence-corrected chi connectivity index (χ1v) is 11.7. The summed E-state index contributed by atoms with van der Waals surface area (Å²) < 4.78 is 5.70. The molecule has 0 spiro atoms. The van der Waals surface area contributed by atoms with E-state index < -0.39 is 0 Å². The number of nitrogens with zero attached hydrogens (tertiary/aromatic N) is 1. The molecule has 0 bridgehead atoms. The number of carbonyl (C=O) groups is 2. The number of aryl methyl sites for hydroxylation is 1. The molecule has 0 saturated heterocycles. The van der Waals surface area contributed by atoms with Gasteiger partial charge in [0.25, 0.3) is 0 Å². The summed E-state index contributed by atoms with van der Waals surface area (Å²) in [4.78, 5) is 33.5. The highest BCUT2D eigenvalue weighted by Crippen LogP contribution is 2.48. The Morgan fingerprint density at radius 3 is 2.52 bits per heavy atom. The third kappa shape index (κ3) is 4.57. The lowest BCUT2D eigenvalue weighted by Crippen LogP contribution is -2.43. The molecule has 2 aliphatic rings. The molecule has 0 radical (unpaired) electrons. The Hall–Kier alpha value is -2.53. The number of hydrogen-bond donors (Lipinski definition) is 0.